The Hall–Kier alpha value is -1.49. The van der Waals surface area contributed by atoms with Crippen LogP contribution in [0.25, 0.3) is 10.9 Å². The van der Waals surface area contributed by atoms with Crippen LogP contribution in [0.3, 0.4) is 0 Å². The Morgan fingerprint density at radius 3 is 2.81 bits per heavy atom. The lowest BCUT2D eigenvalue weighted by Crippen LogP contribution is -2.36. The molecule has 1 aromatic carbocycles. The monoisotopic (exact) mass is 434 g/mol. The zero-order valence-electron chi connectivity index (χ0n) is 16.8. The molecule has 0 saturated carbocycles. The third-order valence-electron chi connectivity index (χ3n) is 5.41. The molecule has 1 amide bonds. The third-order valence-corrected chi connectivity index (χ3v) is 5.90. The van der Waals surface area contributed by atoms with Crippen molar-refractivity contribution in [2.45, 2.75) is 66.0 Å². The lowest BCUT2D eigenvalue weighted by Gasteiger charge is -2.27. The summed E-state index contributed by atoms with van der Waals surface area (Å²) in [6.07, 6.45) is 5.80. The predicted molar refractivity (Wildman–Crippen MR) is 114 cm³/mol. The molecule has 3 rings (SSSR count). The van der Waals surface area contributed by atoms with Crippen molar-refractivity contribution >= 4 is 32.9 Å². The van der Waals surface area contributed by atoms with Gasteiger partial charge in [-0.25, -0.2) is 4.79 Å². The maximum atomic E-state index is 12.2. The number of unbranched alkanes of at least 4 members (excludes halogenated alkanes) is 2. The number of nitrogens with zero attached hydrogens (tertiary/aromatic N) is 2. The van der Waals surface area contributed by atoms with Crippen molar-refractivity contribution in [3.63, 3.8) is 0 Å². The van der Waals surface area contributed by atoms with E-state index in [2.05, 4.69) is 52.5 Å². The van der Waals surface area contributed by atoms with Gasteiger partial charge in [0.2, 0.25) is 0 Å². The first-order valence-electron chi connectivity index (χ1n) is 10.2. The van der Waals surface area contributed by atoms with Crippen LogP contribution < -0.4 is 0 Å². The molecule has 0 unspecified atom stereocenters. The molecular formula is C22H31BrN2O2. The third kappa shape index (κ3) is 4.68. The molecule has 2 heterocycles. The Balaban J connectivity index is 1.82. The number of carbonyl (C=O) groups excluding carboxylic acids is 1. The van der Waals surface area contributed by atoms with Gasteiger partial charge in [-0.05, 0) is 37.5 Å². The topological polar surface area (TPSA) is 34.5 Å². The van der Waals surface area contributed by atoms with Gasteiger partial charge in [0, 0.05) is 46.1 Å². The molecule has 0 bridgehead atoms. The smallest absolute Gasteiger partial charge is 0.410 e. The van der Waals surface area contributed by atoms with Crippen LogP contribution in [-0.2, 0) is 24.2 Å². The molecule has 0 aliphatic carbocycles. The number of ether oxygens (including phenoxy) is 1. The molecule has 148 valence electrons. The lowest BCUT2D eigenvalue weighted by atomic mass is 10.0. The highest BCUT2D eigenvalue weighted by atomic mass is 79.9. The Bertz CT molecular complexity index is 797. The van der Waals surface area contributed by atoms with Crippen molar-refractivity contribution in [2.75, 3.05) is 13.2 Å². The normalized spacial score (nSPS) is 14.0. The summed E-state index contributed by atoms with van der Waals surface area (Å²) >= 11 is 3.61. The van der Waals surface area contributed by atoms with Gasteiger partial charge in [0.15, 0.2) is 0 Å². The average molecular weight is 435 g/mol. The Kier molecular flexibility index (Phi) is 6.85. The molecule has 0 fully saturated rings. The summed E-state index contributed by atoms with van der Waals surface area (Å²) in [5.41, 5.74) is 3.97. The van der Waals surface area contributed by atoms with Gasteiger partial charge in [0.1, 0.15) is 0 Å². The van der Waals surface area contributed by atoms with Gasteiger partial charge < -0.3 is 14.2 Å². The van der Waals surface area contributed by atoms with E-state index in [4.69, 9.17) is 4.74 Å². The van der Waals surface area contributed by atoms with E-state index in [0.717, 1.165) is 29.9 Å². The van der Waals surface area contributed by atoms with Crippen LogP contribution in [-0.4, -0.2) is 28.7 Å². The number of amides is 1. The molecule has 2 aromatic rings. The van der Waals surface area contributed by atoms with Crippen molar-refractivity contribution in [2.24, 2.45) is 5.92 Å². The number of rotatable bonds is 7. The SMILES string of the molecule is CCOC(=O)N1CCc2c(c3cc(Br)ccc3n2CCCCCC(C)C)C1. The van der Waals surface area contributed by atoms with Gasteiger partial charge in [-0.1, -0.05) is 49.0 Å². The molecule has 1 aliphatic rings. The van der Waals surface area contributed by atoms with Gasteiger partial charge in [-0.2, -0.15) is 0 Å². The molecule has 0 spiro atoms. The standard InChI is InChI=1S/C22H31BrN2O2/c1-4-27-22(26)24-13-11-21-19(15-24)18-14-17(23)9-10-20(18)25(21)12-7-5-6-8-16(2)3/h9-10,14,16H,4-8,11-13,15H2,1-3H3. The fourth-order valence-electron chi connectivity index (χ4n) is 4.05. The van der Waals surface area contributed by atoms with Crippen LogP contribution in [0.15, 0.2) is 22.7 Å². The highest BCUT2D eigenvalue weighted by Crippen LogP contribution is 2.33. The zero-order chi connectivity index (χ0) is 19.4. The number of hydrogen-bond donors (Lipinski definition) is 0. The number of fused-ring (bicyclic) bond motifs is 3. The Morgan fingerprint density at radius 1 is 1.26 bits per heavy atom. The van der Waals surface area contributed by atoms with E-state index in [9.17, 15) is 4.79 Å². The summed E-state index contributed by atoms with van der Waals surface area (Å²) in [5, 5.41) is 1.26. The molecule has 0 N–H and O–H groups in total. The summed E-state index contributed by atoms with van der Waals surface area (Å²) < 4.78 is 8.80. The number of hydrogen-bond acceptors (Lipinski definition) is 2. The number of aromatic nitrogens is 1. The molecule has 0 radical (unpaired) electrons. The van der Waals surface area contributed by atoms with Gasteiger partial charge >= 0.3 is 6.09 Å². The minimum atomic E-state index is -0.201. The molecule has 0 saturated heterocycles. The van der Waals surface area contributed by atoms with Crippen LogP contribution in [0.1, 0.15) is 57.7 Å². The van der Waals surface area contributed by atoms with E-state index in [-0.39, 0.29) is 6.09 Å². The van der Waals surface area contributed by atoms with E-state index in [1.807, 2.05) is 11.8 Å². The number of benzene rings is 1. The summed E-state index contributed by atoms with van der Waals surface area (Å²) in [6, 6.07) is 6.52. The van der Waals surface area contributed by atoms with Crippen LogP contribution in [0.5, 0.6) is 0 Å². The van der Waals surface area contributed by atoms with Crippen LogP contribution in [0.2, 0.25) is 0 Å². The molecule has 4 nitrogen and oxygen atoms in total. The van der Waals surface area contributed by atoms with Crippen molar-refractivity contribution < 1.29 is 9.53 Å². The van der Waals surface area contributed by atoms with E-state index in [1.54, 1.807) is 0 Å². The van der Waals surface area contributed by atoms with Crippen molar-refractivity contribution in [3.05, 3.63) is 33.9 Å². The largest absolute Gasteiger partial charge is 0.450 e. The Morgan fingerprint density at radius 2 is 2.07 bits per heavy atom. The van der Waals surface area contributed by atoms with Gasteiger partial charge in [-0.15, -0.1) is 0 Å². The summed E-state index contributed by atoms with van der Waals surface area (Å²) in [4.78, 5) is 14.0. The maximum absolute atomic E-state index is 12.2. The molecule has 5 heteroatoms. The minimum absolute atomic E-state index is 0.201. The molecule has 1 aromatic heterocycles. The first-order valence-corrected chi connectivity index (χ1v) is 11.0. The number of aryl methyl sites for hydroxylation is 1. The minimum Gasteiger partial charge on any atom is -0.450 e. The zero-order valence-corrected chi connectivity index (χ0v) is 18.3. The van der Waals surface area contributed by atoms with Gasteiger partial charge in [0.05, 0.1) is 13.2 Å². The summed E-state index contributed by atoms with van der Waals surface area (Å²) in [7, 11) is 0. The van der Waals surface area contributed by atoms with Gasteiger partial charge in [0.25, 0.3) is 0 Å². The van der Waals surface area contributed by atoms with Gasteiger partial charge in [-0.3, -0.25) is 0 Å². The second-order valence-corrected chi connectivity index (χ2v) is 8.77. The fraction of sp³-hybridized carbons (Fsp3) is 0.591. The molecular weight excluding hydrogens is 404 g/mol. The fourth-order valence-corrected chi connectivity index (χ4v) is 4.41. The average Bonchev–Trinajstić information content (AvgIpc) is 2.94. The van der Waals surface area contributed by atoms with E-state index >= 15 is 0 Å². The number of carbonyl (C=O) groups is 1. The molecule has 27 heavy (non-hydrogen) atoms. The lowest BCUT2D eigenvalue weighted by molar-refractivity contribution is 0.102. The highest BCUT2D eigenvalue weighted by Gasteiger charge is 2.27. The maximum Gasteiger partial charge on any atom is 0.410 e. The summed E-state index contributed by atoms with van der Waals surface area (Å²) in [5.74, 6) is 0.788. The van der Waals surface area contributed by atoms with Crippen molar-refractivity contribution in [1.29, 1.82) is 0 Å². The van der Waals surface area contributed by atoms with Crippen LogP contribution in [0.4, 0.5) is 4.79 Å². The van der Waals surface area contributed by atoms with E-state index in [0.29, 0.717) is 13.2 Å². The highest BCUT2D eigenvalue weighted by molar-refractivity contribution is 9.10. The summed E-state index contributed by atoms with van der Waals surface area (Å²) in [6.45, 7) is 9.30. The van der Waals surface area contributed by atoms with E-state index in [1.165, 1.54) is 47.8 Å². The van der Waals surface area contributed by atoms with Crippen LogP contribution in [0, 0.1) is 5.92 Å². The van der Waals surface area contributed by atoms with Crippen LogP contribution >= 0.6 is 15.9 Å². The van der Waals surface area contributed by atoms with Crippen molar-refractivity contribution in [3.8, 4) is 0 Å². The first-order chi connectivity index (χ1) is 13.0. The van der Waals surface area contributed by atoms with Crippen molar-refractivity contribution in [1.82, 2.24) is 9.47 Å². The molecule has 0 atom stereocenters. The Labute approximate surface area is 171 Å². The second kappa shape index (κ2) is 9.13. The molecule has 1 aliphatic heterocycles. The number of halogens is 1. The quantitative estimate of drug-likeness (QED) is 0.490. The van der Waals surface area contributed by atoms with E-state index < -0.39 is 0 Å². The first kappa shape index (κ1) is 20.2. The predicted octanol–water partition coefficient (Wildman–Crippen LogP) is 6.13. The second-order valence-electron chi connectivity index (χ2n) is 7.85.